The largest absolute Gasteiger partial charge is 0.391 e. The number of likely N-dealkylation sites (tertiary alicyclic amines) is 1. The van der Waals surface area contributed by atoms with Crippen LogP contribution in [0.25, 0.3) is 0 Å². The van der Waals surface area contributed by atoms with Crippen LogP contribution in [0.15, 0.2) is 0 Å². The second kappa shape index (κ2) is 5.62. The van der Waals surface area contributed by atoms with Gasteiger partial charge in [-0.2, -0.15) is 0 Å². The van der Waals surface area contributed by atoms with E-state index in [9.17, 15) is 9.90 Å². The molecule has 2 atom stereocenters. The third kappa shape index (κ3) is 2.78. The van der Waals surface area contributed by atoms with E-state index in [0.29, 0.717) is 23.2 Å². The van der Waals surface area contributed by atoms with Gasteiger partial charge in [0.25, 0.3) is 5.91 Å². The van der Waals surface area contributed by atoms with Crippen molar-refractivity contribution in [2.45, 2.75) is 26.4 Å². The van der Waals surface area contributed by atoms with Gasteiger partial charge in [0, 0.05) is 19.6 Å². The number of β-amino-alcohol motifs (C(OH)–C–C–N with tert-alkyl or cyclic N) is 1. The first-order chi connectivity index (χ1) is 8.61. The number of aliphatic hydroxyl groups is 1. The van der Waals surface area contributed by atoms with Crippen LogP contribution in [0, 0.1) is 5.92 Å². The highest BCUT2D eigenvalue weighted by Gasteiger charge is 2.29. The van der Waals surface area contributed by atoms with E-state index in [1.807, 2.05) is 13.8 Å². The standard InChI is InChI=1S/C11H18N4O2S/c1-3-12-11-14-13-9(18-11)10(17)15-5-4-7(2)8(16)6-15/h7-8,16H,3-6H2,1-2H3,(H,12,14). The number of amides is 1. The van der Waals surface area contributed by atoms with Crippen LogP contribution in [0.2, 0.25) is 0 Å². The first kappa shape index (κ1) is 13.2. The molecule has 2 heterocycles. The molecule has 2 rings (SSSR count). The maximum absolute atomic E-state index is 12.2. The molecule has 1 aliphatic rings. The van der Waals surface area contributed by atoms with Gasteiger partial charge in [-0.1, -0.05) is 18.3 Å². The van der Waals surface area contributed by atoms with Crippen molar-refractivity contribution in [3.63, 3.8) is 0 Å². The molecule has 0 aliphatic carbocycles. The van der Waals surface area contributed by atoms with E-state index in [1.165, 1.54) is 11.3 Å². The van der Waals surface area contributed by atoms with Crippen molar-refractivity contribution in [1.29, 1.82) is 0 Å². The summed E-state index contributed by atoms with van der Waals surface area (Å²) < 4.78 is 0. The zero-order chi connectivity index (χ0) is 13.1. The molecule has 1 aromatic heterocycles. The van der Waals surface area contributed by atoms with Crippen LogP contribution in [0.4, 0.5) is 5.13 Å². The lowest BCUT2D eigenvalue weighted by Gasteiger charge is -2.33. The Hall–Kier alpha value is -1.21. The molecule has 7 heteroatoms. The summed E-state index contributed by atoms with van der Waals surface area (Å²) in [6.45, 7) is 5.78. The summed E-state index contributed by atoms with van der Waals surface area (Å²) in [5.41, 5.74) is 0. The maximum atomic E-state index is 12.2. The van der Waals surface area contributed by atoms with Crippen LogP contribution in [0.5, 0.6) is 0 Å². The first-order valence-electron chi connectivity index (χ1n) is 6.16. The number of rotatable bonds is 3. The van der Waals surface area contributed by atoms with Gasteiger partial charge in [0.1, 0.15) is 0 Å². The molecule has 100 valence electrons. The van der Waals surface area contributed by atoms with Gasteiger partial charge in [-0.3, -0.25) is 4.79 Å². The zero-order valence-electron chi connectivity index (χ0n) is 10.6. The lowest BCUT2D eigenvalue weighted by Crippen LogP contribution is -2.45. The lowest BCUT2D eigenvalue weighted by atomic mass is 9.96. The minimum absolute atomic E-state index is 0.136. The Bertz CT molecular complexity index is 423. The summed E-state index contributed by atoms with van der Waals surface area (Å²) >= 11 is 1.26. The fraction of sp³-hybridized carbons (Fsp3) is 0.727. The third-order valence-corrected chi connectivity index (χ3v) is 4.01. The molecule has 0 aromatic carbocycles. The number of carbonyl (C=O) groups excluding carboxylic acids is 1. The number of hydrogen-bond donors (Lipinski definition) is 2. The van der Waals surface area contributed by atoms with E-state index < -0.39 is 6.10 Å². The lowest BCUT2D eigenvalue weighted by molar-refractivity contribution is 0.0248. The number of aliphatic hydroxyl groups excluding tert-OH is 1. The molecule has 1 saturated heterocycles. The Morgan fingerprint density at radius 1 is 1.61 bits per heavy atom. The highest BCUT2D eigenvalue weighted by atomic mass is 32.1. The Kier molecular flexibility index (Phi) is 4.13. The average Bonchev–Trinajstić information content (AvgIpc) is 2.81. The monoisotopic (exact) mass is 270 g/mol. The topological polar surface area (TPSA) is 78.4 Å². The molecule has 2 unspecified atom stereocenters. The summed E-state index contributed by atoms with van der Waals surface area (Å²) in [5, 5.41) is 21.7. The third-order valence-electron chi connectivity index (χ3n) is 3.14. The van der Waals surface area contributed by atoms with Crippen molar-refractivity contribution in [2.75, 3.05) is 25.0 Å². The van der Waals surface area contributed by atoms with E-state index in [1.54, 1.807) is 4.90 Å². The molecule has 1 aromatic rings. The SMILES string of the molecule is CCNc1nnc(C(=O)N2CCC(C)C(O)C2)s1. The number of aromatic nitrogens is 2. The van der Waals surface area contributed by atoms with Gasteiger partial charge in [0.2, 0.25) is 10.1 Å². The average molecular weight is 270 g/mol. The normalized spacial score (nSPS) is 24.1. The van der Waals surface area contributed by atoms with Crippen LogP contribution >= 0.6 is 11.3 Å². The minimum Gasteiger partial charge on any atom is -0.391 e. The Morgan fingerprint density at radius 2 is 2.39 bits per heavy atom. The van der Waals surface area contributed by atoms with Gasteiger partial charge < -0.3 is 15.3 Å². The first-order valence-corrected chi connectivity index (χ1v) is 6.98. The molecule has 18 heavy (non-hydrogen) atoms. The molecule has 0 bridgehead atoms. The molecule has 1 fully saturated rings. The van der Waals surface area contributed by atoms with Crippen molar-refractivity contribution in [3.8, 4) is 0 Å². The van der Waals surface area contributed by atoms with E-state index in [-0.39, 0.29) is 11.8 Å². The van der Waals surface area contributed by atoms with Crippen LogP contribution < -0.4 is 5.32 Å². The highest BCUT2D eigenvalue weighted by Crippen LogP contribution is 2.21. The molecule has 6 nitrogen and oxygen atoms in total. The van der Waals surface area contributed by atoms with Crippen LogP contribution in [0.1, 0.15) is 30.1 Å². The van der Waals surface area contributed by atoms with E-state index in [0.717, 1.165) is 13.0 Å². The van der Waals surface area contributed by atoms with Gasteiger partial charge in [-0.05, 0) is 19.3 Å². The summed E-state index contributed by atoms with van der Waals surface area (Å²) in [4.78, 5) is 13.8. The van der Waals surface area contributed by atoms with Gasteiger partial charge in [0.15, 0.2) is 0 Å². The number of hydrogen-bond acceptors (Lipinski definition) is 6. The fourth-order valence-electron chi connectivity index (χ4n) is 1.90. The highest BCUT2D eigenvalue weighted by molar-refractivity contribution is 7.17. The zero-order valence-corrected chi connectivity index (χ0v) is 11.4. The number of piperidine rings is 1. The van der Waals surface area contributed by atoms with Gasteiger partial charge in [0.05, 0.1) is 6.10 Å². The molecule has 0 spiro atoms. The second-order valence-corrected chi connectivity index (χ2v) is 5.50. The van der Waals surface area contributed by atoms with Gasteiger partial charge in [-0.25, -0.2) is 0 Å². The summed E-state index contributed by atoms with van der Waals surface area (Å²) in [5.74, 6) is 0.114. The molecular weight excluding hydrogens is 252 g/mol. The Labute approximate surface area is 110 Å². The van der Waals surface area contributed by atoms with Crippen molar-refractivity contribution in [1.82, 2.24) is 15.1 Å². The van der Waals surface area contributed by atoms with Gasteiger partial charge in [-0.15, -0.1) is 10.2 Å². The van der Waals surface area contributed by atoms with Gasteiger partial charge >= 0.3 is 0 Å². The van der Waals surface area contributed by atoms with Crippen molar-refractivity contribution >= 4 is 22.4 Å². The Morgan fingerprint density at radius 3 is 3.06 bits per heavy atom. The van der Waals surface area contributed by atoms with Crippen molar-refractivity contribution in [3.05, 3.63) is 5.01 Å². The van der Waals surface area contributed by atoms with Crippen molar-refractivity contribution < 1.29 is 9.90 Å². The Balaban J connectivity index is 2.02. The van der Waals surface area contributed by atoms with Crippen LogP contribution in [-0.2, 0) is 0 Å². The number of nitrogens with one attached hydrogen (secondary N) is 1. The molecule has 0 radical (unpaired) electrons. The maximum Gasteiger partial charge on any atom is 0.284 e. The predicted octanol–water partition coefficient (Wildman–Crippen LogP) is 0.813. The molecule has 1 aliphatic heterocycles. The van der Waals surface area contributed by atoms with E-state index in [4.69, 9.17) is 0 Å². The summed E-state index contributed by atoms with van der Waals surface area (Å²) in [7, 11) is 0. The quantitative estimate of drug-likeness (QED) is 0.850. The molecule has 0 saturated carbocycles. The summed E-state index contributed by atoms with van der Waals surface area (Å²) in [6.07, 6.45) is 0.384. The number of nitrogens with zero attached hydrogens (tertiary/aromatic N) is 3. The molecular formula is C11H18N4O2S. The van der Waals surface area contributed by atoms with Crippen LogP contribution in [0.3, 0.4) is 0 Å². The van der Waals surface area contributed by atoms with E-state index >= 15 is 0 Å². The number of carbonyl (C=O) groups is 1. The minimum atomic E-state index is -0.441. The molecule has 1 amide bonds. The predicted molar refractivity (Wildman–Crippen MR) is 69.8 cm³/mol. The van der Waals surface area contributed by atoms with Crippen molar-refractivity contribution in [2.24, 2.45) is 5.92 Å². The van der Waals surface area contributed by atoms with Crippen LogP contribution in [-0.4, -0.2) is 51.8 Å². The smallest absolute Gasteiger partial charge is 0.284 e. The number of anilines is 1. The van der Waals surface area contributed by atoms with E-state index in [2.05, 4.69) is 15.5 Å². The molecule has 2 N–H and O–H groups in total. The summed E-state index contributed by atoms with van der Waals surface area (Å²) in [6, 6.07) is 0. The second-order valence-electron chi connectivity index (χ2n) is 4.53. The fourth-order valence-corrected chi connectivity index (χ4v) is 2.68.